The number of amides is 1. The zero-order valence-corrected chi connectivity index (χ0v) is 21.8. The molecule has 0 saturated carbocycles. The van der Waals surface area contributed by atoms with Gasteiger partial charge in [-0.3, -0.25) is 4.79 Å². The molecule has 3 aromatic rings. The molecule has 0 bridgehead atoms. The van der Waals surface area contributed by atoms with Crippen LogP contribution >= 0.6 is 23.5 Å². The molecule has 186 valence electrons. The molecule has 2 atom stereocenters. The number of hydrogen-bond donors (Lipinski definition) is 2. The number of halogens is 1. The van der Waals surface area contributed by atoms with E-state index in [9.17, 15) is 4.79 Å². The normalized spacial score (nSPS) is 20.6. The average molecular weight is 514 g/mol. The molecule has 2 fully saturated rings. The molecule has 2 aliphatic heterocycles. The highest BCUT2D eigenvalue weighted by atomic mass is 35.5. The van der Waals surface area contributed by atoms with Crippen LogP contribution in [0.15, 0.2) is 30.5 Å². The number of piperidine rings is 1. The number of aryl methyl sites for hydroxylation is 1. The van der Waals surface area contributed by atoms with E-state index in [4.69, 9.17) is 27.4 Å². The Balaban J connectivity index is 1.46. The predicted molar refractivity (Wildman–Crippen MR) is 143 cm³/mol. The fourth-order valence-corrected chi connectivity index (χ4v) is 5.82. The molecule has 0 aliphatic carbocycles. The fraction of sp³-hybridized carbons (Fsp3) is 0.480. The lowest BCUT2D eigenvalue weighted by Gasteiger charge is -2.35. The van der Waals surface area contributed by atoms with Crippen LogP contribution in [0.3, 0.4) is 0 Å². The Kier molecular flexibility index (Phi) is 7.09. The number of nitrogens with zero attached hydrogens (tertiary/aromatic N) is 5. The Morgan fingerprint density at radius 3 is 2.89 bits per heavy atom. The summed E-state index contributed by atoms with van der Waals surface area (Å²) in [6, 6.07) is 7.34. The number of fused-ring (bicyclic) bond motifs is 1. The lowest BCUT2D eigenvalue weighted by molar-refractivity contribution is 0.0607. The van der Waals surface area contributed by atoms with E-state index >= 15 is 0 Å². The van der Waals surface area contributed by atoms with E-state index in [1.165, 1.54) is 11.9 Å². The third-order valence-corrected chi connectivity index (χ3v) is 7.73. The average Bonchev–Trinajstić information content (AvgIpc) is 3.51. The largest absolute Gasteiger partial charge is 0.356 e. The van der Waals surface area contributed by atoms with Gasteiger partial charge in [-0.2, -0.15) is 5.10 Å². The van der Waals surface area contributed by atoms with E-state index in [0.29, 0.717) is 29.6 Å². The number of benzene rings is 1. The van der Waals surface area contributed by atoms with Crippen molar-refractivity contribution in [3.63, 3.8) is 0 Å². The third kappa shape index (κ3) is 4.81. The molecule has 2 aromatic heterocycles. The molecule has 1 amide bonds. The Morgan fingerprint density at radius 2 is 2.11 bits per heavy atom. The highest BCUT2D eigenvalue weighted by Gasteiger charge is 2.32. The Labute approximate surface area is 215 Å². The van der Waals surface area contributed by atoms with Gasteiger partial charge >= 0.3 is 0 Å². The van der Waals surface area contributed by atoms with Gasteiger partial charge in [0.25, 0.3) is 5.91 Å². The minimum atomic E-state index is -0.101. The van der Waals surface area contributed by atoms with Gasteiger partial charge in [-0.05, 0) is 63.3 Å². The highest BCUT2D eigenvalue weighted by Crippen LogP contribution is 2.35. The molecule has 4 heterocycles. The van der Waals surface area contributed by atoms with Crippen molar-refractivity contribution in [1.82, 2.24) is 19.5 Å². The number of likely N-dealkylation sites (tertiary alicyclic amines) is 1. The molecular weight excluding hydrogens is 482 g/mol. The van der Waals surface area contributed by atoms with E-state index in [-0.39, 0.29) is 11.9 Å². The predicted octanol–water partition coefficient (Wildman–Crippen LogP) is 4.53. The van der Waals surface area contributed by atoms with E-state index in [1.54, 1.807) is 12.1 Å². The standard InChI is InChI=1S/C25H32ClN7OS/c1-16-14-33-23(28-24(16)31-10-8-17(13-27)15-31)12-21(29-33)22-5-3-4-9-32(22)25(34)19-11-18(26)6-7-20(19)30-35-2/h6-7,11-12,14,17,22,30H,3-5,8-10,13,15,27H2,1-2H3/t17?,22-/m0/s1. The monoisotopic (exact) mass is 513 g/mol. The second kappa shape index (κ2) is 10.2. The third-order valence-electron chi connectivity index (χ3n) is 7.07. The molecule has 2 saturated heterocycles. The van der Waals surface area contributed by atoms with Gasteiger partial charge in [0.15, 0.2) is 5.65 Å². The first-order valence-corrected chi connectivity index (χ1v) is 13.8. The van der Waals surface area contributed by atoms with Crippen molar-refractivity contribution in [2.24, 2.45) is 11.7 Å². The molecule has 0 radical (unpaired) electrons. The summed E-state index contributed by atoms with van der Waals surface area (Å²) >= 11 is 7.72. The van der Waals surface area contributed by atoms with Gasteiger partial charge in [-0.15, -0.1) is 0 Å². The van der Waals surface area contributed by atoms with Crippen LogP contribution in [-0.4, -0.2) is 57.8 Å². The first kappa shape index (κ1) is 24.2. The summed E-state index contributed by atoms with van der Waals surface area (Å²) in [6.07, 6.45) is 7.98. The minimum absolute atomic E-state index is 0.0273. The summed E-state index contributed by atoms with van der Waals surface area (Å²) in [7, 11) is 0. The van der Waals surface area contributed by atoms with E-state index in [1.807, 2.05) is 34.0 Å². The quantitative estimate of drug-likeness (QED) is 0.468. The van der Waals surface area contributed by atoms with Gasteiger partial charge in [0, 0.05) is 48.7 Å². The number of carbonyl (C=O) groups excluding carboxylic acids is 1. The maximum absolute atomic E-state index is 13.7. The Morgan fingerprint density at radius 1 is 1.26 bits per heavy atom. The molecule has 10 heteroatoms. The van der Waals surface area contributed by atoms with Crippen LogP contribution in [0.5, 0.6) is 0 Å². The van der Waals surface area contributed by atoms with Crippen LogP contribution in [0.1, 0.15) is 53.3 Å². The van der Waals surface area contributed by atoms with E-state index in [0.717, 1.165) is 67.2 Å². The molecule has 1 unspecified atom stereocenters. The number of nitrogens with two attached hydrogens (primary N) is 1. The maximum Gasteiger partial charge on any atom is 0.256 e. The SMILES string of the molecule is CSNc1ccc(Cl)cc1C(=O)N1CCCC[C@H]1c1cc2nc(N3CCC(CN)C3)c(C)cn2n1. The van der Waals surface area contributed by atoms with Crippen molar-refractivity contribution in [1.29, 1.82) is 0 Å². The number of carbonyl (C=O) groups is 1. The summed E-state index contributed by atoms with van der Waals surface area (Å²) in [6.45, 7) is 5.40. The number of rotatable bonds is 6. The first-order chi connectivity index (χ1) is 17.0. The molecule has 5 rings (SSSR count). The van der Waals surface area contributed by atoms with Crippen LogP contribution in [0.2, 0.25) is 5.02 Å². The van der Waals surface area contributed by atoms with Crippen LogP contribution in [0.4, 0.5) is 11.5 Å². The zero-order chi connectivity index (χ0) is 24.5. The highest BCUT2D eigenvalue weighted by molar-refractivity contribution is 7.99. The van der Waals surface area contributed by atoms with Gasteiger partial charge in [-0.1, -0.05) is 23.5 Å². The van der Waals surface area contributed by atoms with Crippen molar-refractivity contribution < 1.29 is 4.79 Å². The second-order valence-corrected chi connectivity index (χ2v) is 10.5. The topological polar surface area (TPSA) is 91.8 Å². The van der Waals surface area contributed by atoms with Gasteiger partial charge in [0.2, 0.25) is 0 Å². The van der Waals surface area contributed by atoms with Gasteiger partial charge in [-0.25, -0.2) is 9.50 Å². The zero-order valence-electron chi connectivity index (χ0n) is 20.2. The minimum Gasteiger partial charge on any atom is -0.356 e. The van der Waals surface area contributed by atoms with Crippen LogP contribution in [-0.2, 0) is 0 Å². The number of nitrogens with one attached hydrogen (secondary N) is 1. The van der Waals surface area contributed by atoms with Crippen molar-refractivity contribution in [3.8, 4) is 0 Å². The first-order valence-electron chi connectivity index (χ1n) is 12.2. The number of aromatic nitrogens is 3. The van der Waals surface area contributed by atoms with Gasteiger partial charge < -0.3 is 20.3 Å². The van der Waals surface area contributed by atoms with Crippen molar-refractivity contribution in [3.05, 3.63) is 52.3 Å². The molecule has 35 heavy (non-hydrogen) atoms. The summed E-state index contributed by atoms with van der Waals surface area (Å²) < 4.78 is 5.06. The van der Waals surface area contributed by atoms with E-state index < -0.39 is 0 Å². The smallest absolute Gasteiger partial charge is 0.256 e. The Bertz CT molecular complexity index is 1230. The summed E-state index contributed by atoms with van der Waals surface area (Å²) in [5.74, 6) is 1.50. The number of hydrogen-bond acceptors (Lipinski definition) is 7. The van der Waals surface area contributed by atoms with E-state index in [2.05, 4.69) is 16.5 Å². The molecule has 3 N–H and O–H groups in total. The van der Waals surface area contributed by atoms with Crippen molar-refractivity contribution in [2.75, 3.05) is 42.1 Å². The molecular formula is C25H32ClN7OS. The summed E-state index contributed by atoms with van der Waals surface area (Å²) in [4.78, 5) is 23.0. The molecule has 2 aliphatic rings. The summed E-state index contributed by atoms with van der Waals surface area (Å²) in [5.41, 5.74) is 10.0. The number of anilines is 2. The van der Waals surface area contributed by atoms with Crippen molar-refractivity contribution >= 4 is 46.6 Å². The molecule has 1 aromatic carbocycles. The maximum atomic E-state index is 13.7. The molecule has 8 nitrogen and oxygen atoms in total. The second-order valence-electron chi connectivity index (χ2n) is 9.46. The van der Waals surface area contributed by atoms with Gasteiger partial charge in [0.1, 0.15) is 5.82 Å². The lowest BCUT2D eigenvalue weighted by atomic mass is 9.98. The summed E-state index contributed by atoms with van der Waals surface area (Å²) in [5, 5.41) is 5.42. The van der Waals surface area contributed by atoms with Crippen LogP contribution in [0, 0.1) is 12.8 Å². The Hall–Kier alpha value is -2.49. The fourth-order valence-electron chi connectivity index (χ4n) is 5.25. The molecule has 0 spiro atoms. The van der Waals surface area contributed by atoms with Crippen LogP contribution in [0.25, 0.3) is 5.65 Å². The lowest BCUT2D eigenvalue weighted by Crippen LogP contribution is -2.39. The van der Waals surface area contributed by atoms with Crippen LogP contribution < -0.4 is 15.4 Å². The van der Waals surface area contributed by atoms with Gasteiger partial charge in [0.05, 0.1) is 23.0 Å². The van der Waals surface area contributed by atoms with Crippen molar-refractivity contribution in [2.45, 2.75) is 38.6 Å².